The van der Waals surface area contributed by atoms with Gasteiger partial charge in [-0.2, -0.15) is 0 Å². The van der Waals surface area contributed by atoms with Crippen LogP contribution in [0.5, 0.6) is 0 Å². The van der Waals surface area contributed by atoms with Crippen LogP contribution < -0.4 is 5.32 Å². The molecular weight excluding hydrogens is 400 g/mol. The van der Waals surface area contributed by atoms with Crippen molar-refractivity contribution in [2.75, 3.05) is 18.1 Å². The number of sulfone groups is 1. The summed E-state index contributed by atoms with van der Waals surface area (Å²) >= 11 is 1.32. The van der Waals surface area contributed by atoms with E-state index in [4.69, 9.17) is 4.74 Å². The average molecular weight is 421 g/mol. The molecule has 1 unspecified atom stereocenters. The average Bonchev–Trinajstić information content (AvgIpc) is 2.93. The summed E-state index contributed by atoms with van der Waals surface area (Å²) in [6.07, 6.45) is 1.92. The van der Waals surface area contributed by atoms with Crippen LogP contribution in [-0.4, -0.2) is 48.9 Å². The van der Waals surface area contributed by atoms with Crippen molar-refractivity contribution in [1.82, 2.24) is 10.3 Å². The minimum Gasteiger partial charge on any atom is -0.452 e. The van der Waals surface area contributed by atoms with Crippen LogP contribution in [0.2, 0.25) is 0 Å². The van der Waals surface area contributed by atoms with E-state index in [1.54, 1.807) is 25.3 Å². The van der Waals surface area contributed by atoms with Crippen LogP contribution >= 0.6 is 11.8 Å². The lowest BCUT2D eigenvalue weighted by Crippen LogP contribution is -2.48. The van der Waals surface area contributed by atoms with Crippen LogP contribution in [0, 0.1) is 0 Å². The minimum atomic E-state index is -3.14. The van der Waals surface area contributed by atoms with Crippen LogP contribution in [0.25, 0.3) is 0 Å². The van der Waals surface area contributed by atoms with Gasteiger partial charge < -0.3 is 10.1 Å². The number of hydrogen-bond acceptors (Lipinski definition) is 7. The summed E-state index contributed by atoms with van der Waals surface area (Å²) in [5.41, 5.74) is -0.566. The van der Waals surface area contributed by atoms with Gasteiger partial charge in [-0.15, -0.1) is 0 Å². The van der Waals surface area contributed by atoms with Crippen molar-refractivity contribution in [3.05, 3.63) is 54.2 Å². The van der Waals surface area contributed by atoms with Crippen molar-refractivity contribution >= 4 is 33.5 Å². The molecule has 2 aromatic rings. The molecule has 1 aromatic carbocycles. The van der Waals surface area contributed by atoms with E-state index in [9.17, 15) is 18.0 Å². The monoisotopic (exact) mass is 420 g/mol. The van der Waals surface area contributed by atoms with Crippen LogP contribution in [0.15, 0.2) is 58.6 Å². The fourth-order valence-corrected chi connectivity index (χ4v) is 5.90. The van der Waals surface area contributed by atoms with Gasteiger partial charge in [0.05, 0.1) is 22.6 Å². The fourth-order valence-electron chi connectivity index (χ4n) is 2.92. The zero-order valence-corrected chi connectivity index (χ0v) is 16.9. The Morgan fingerprint density at radius 2 is 1.96 bits per heavy atom. The van der Waals surface area contributed by atoms with E-state index >= 15 is 0 Å². The number of esters is 1. The van der Waals surface area contributed by atoms with Crippen molar-refractivity contribution in [1.29, 1.82) is 0 Å². The molecule has 1 aliphatic heterocycles. The second kappa shape index (κ2) is 8.32. The third-order valence-electron chi connectivity index (χ3n) is 4.23. The SMILES string of the molecule is CC1(NC(=O)COC(=O)c2cccnc2Sc2ccccc2)CCS(=O)(=O)C1. The Morgan fingerprint density at radius 3 is 2.64 bits per heavy atom. The maximum Gasteiger partial charge on any atom is 0.341 e. The molecule has 1 atom stereocenters. The molecule has 0 saturated carbocycles. The van der Waals surface area contributed by atoms with Gasteiger partial charge in [0.15, 0.2) is 16.4 Å². The highest BCUT2D eigenvalue weighted by molar-refractivity contribution is 7.99. The molecule has 9 heteroatoms. The number of benzene rings is 1. The summed E-state index contributed by atoms with van der Waals surface area (Å²) in [4.78, 5) is 29.7. The summed E-state index contributed by atoms with van der Waals surface area (Å²) in [5.74, 6) is -1.26. The first kappa shape index (κ1) is 20.3. The van der Waals surface area contributed by atoms with Gasteiger partial charge in [0.25, 0.3) is 5.91 Å². The lowest BCUT2D eigenvalue weighted by atomic mass is 10.0. The molecule has 0 bridgehead atoms. The van der Waals surface area contributed by atoms with Crippen LogP contribution in [0.1, 0.15) is 23.7 Å². The molecule has 1 amide bonds. The maximum absolute atomic E-state index is 12.4. The predicted octanol–water partition coefficient (Wildman–Crippen LogP) is 2.08. The molecule has 1 fully saturated rings. The quantitative estimate of drug-likeness (QED) is 0.714. The number of aromatic nitrogens is 1. The Morgan fingerprint density at radius 1 is 1.21 bits per heavy atom. The largest absolute Gasteiger partial charge is 0.452 e. The van der Waals surface area contributed by atoms with Gasteiger partial charge in [0.2, 0.25) is 0 Å². The molecule has 1 saturated heterocycles. The molecule has 28 heavy (non-hydrogen) atoms. The topological polar surface area (TPSA) is 102 Å². The minimum absolute atomic E-state index is 0.0410. The summed E-state index contributed by atoms with van der Waals surface area (Å²) in [6, 6.07) is 12.7. The first-order valence-corrected chi connectivity index (χ1v) is 11.3. The number of amides is 1. The van der Waals surface area contributed by atoms with E-state index in [1.807, 2.05) is 30.3 Å². The Kier molecular flexibility index (Phi) is 6.04. The third-order valence-corrected chi connectivity index (χ3v) is 7.16. The molecule has 148 valence electrons. The van der Waals surface area contributed by atoms with Crippen molar-refractivity contribution in [3.8, 4) is 0 Å². The maximum atomic E-state index is 12.4. The van der Waals surface area contributed by atoms with Gasteiger partial charge in [-0.05, 0) is 37.6 Å². The molecule has 7 nitrogen and oxygen atoms in total. The Labute approximate surface area is 167 Å². The van der Waals surface area contributed by atoms with Crippen molar-refractivity contribution in [2.24, 2.45) is 0 Å². The number of pyridine rings is 1. The Bertz CT molecular complexity index is 979. The van der Waals surface area contributed by atoms with E-state index in [2.05, 4.69) is 10.3 Å². The zero-order valence-electron chi connectivity index (χ0n) is 15.3. The zero-order chi connectivity index (χ0) is 20.2. The van der Waals surface area contributed by atoms with E-state index < -0.39 is 33.9 Å². The van der Waals surface area contributed by atoms with Crippen LogP contribution in [0.3, 0.4) is 0 Å². The van der Waals surface area contributed by atoms with Gasteiger partial charge in [-0.25, -0.2) is 18.2 Å². The van der Waals surface area contributed by atoms with E-state index in [-0.39, 0.29) is 17.1 Å². The molecule has 0 radical (unpaired) electrons. The number of rotatable bonds is 6. The highest BCUT2D eigenvalue weighted by Crippen LogP contribution is 2.28. The number of nitrogens with one attached hydrogen (secondary N) is 1. The number of ether oxygens (including phenoxy) is 1. The van der Waals surface area contributed by atoms with Gasteiger partial charge >= 0.3 is 5.97 Å². The number of carbonyl (C=O) groups is 2. The molecule has 0 spiro atoms. The Balaban J connectivity index is 1.60. The first-order chi connectivity index (χ1) is 13.3. The second-order valence-corrected chi connectivity index (χ2v) is 10.0. The molecule has 0 aliphatic carbocycles. The Hall–Kier alpha value is -2.39. The highest BCUT2D eigenvalue weighted by Gasteiger charge is 2.39. The molecule has 1 aromatic heterocycles. The van der Waals surface area contributed by atoms with Crippen molar-refractivity contribution in [2.45, 2.75) is 28.8 Å². The molecule has 2 heterocycles. The van der Waals surface area contributed by atoms with Gasteiger partial charge in [0, 0.05) is 11.1 Å². The van der Waals surface area contributed by atoms with Gasteiger partial charge in [0.1, 0.15) is 5.03 Å². The second-order valence-electron chi connectivity index (χ2n) is 6.80. The number of carbonyl (C=O) groups excluding carboxylic acids is 2. The van der Waals surface area contributed by atoms with Crippen LogP contribution in [0.4, 0.5) is 0 Å². The van der Waals surface area contributed by atoms with E-state index in [1.165, 1.54) is 11.8 Å². The van der Waals surface area contributed by atoms with E-state index in [0.29, 0.717) is 11.4 Å². The standard InChI is InChI=1S/C19H20N2O5S2/c1-19(9-11-28(24,25)13-19)21-16(22)12-26-18(23)15-8-5-10-20-17(15)27-14-6-3-2-4-7-14/h2-8,10H,9,11-13H2,1H3,(H,21,22). The van der Waals surface area contributed by atoms with Crippen LogP contribution in [-0.2, 0) is 19.4 Å². The molecule has 3 rings (SSSR count). The number of hydrogen-bond donors (Lipinski definition) is 1. The third kappa shape index (κ3) is 5.32. The fraction of sp³-hybridized carbons (Fsp3) is 0.316. The van der Waals surface area contributed by atoms with Crippen molar-refractivity contribution in [3.63, 3.8) is 0 Å². The van der Waals surface area contributed by atoms with Gasteiger partial charge in [-0.1, -0.05) is 30.0 Å². The summed E-state index contributed by atoms with van der Waals surface area (Å²) in [6.45, 7) is 1.19. The van der Waals surface area contributed by atoms with Gasteiger partial charge in [-0.3, -0.25) is 4.79 Å². The number of nitrogens with zero attached hydrogens (tertiary/aromatic N) is 1. The van der Waals surface area contributed by atoms with Crippen molar-refractivity contribution < 1.29 is 22.7 Å². The molecule has 1 aliphatic rings. The summed E-state index contributed by atoms with van der Waals surface area (Å²) in [7, 11) is -3.14. The lowest BCUT2D eigenvalue weighted by Gasteiger charge is -2.23. The highest BCUT2D eigenvalue weighted by atomic mass is 32.2. The lowest BCUT2D eigenvalue weighted by molar-refractivity contribution is -0.125. The predicted molar refractivity (Wildman–Crippen MR) is 105 cm³/mol. The first-order valence-electron chi connectivity index (χ1n) is 8.63. The van der Waals surface area contributed by atoms with E-state index in [0.717, 1.165) is 4.90 Å². The summed E-state index contributed by atoms with van der Waals surface area (Å²) in [5, 5.41) is 3.14. The molecule has 1 N–H and O–H groups in total. The normalized spacial score (nSPS) is 20.5. The molecular formula is C19H20N2O5S2. The summed E-state index contributed by atoms with van der Waals surface area (Å²) < 4.78 is 28.4. The smallest absolute Gasteiger partial charge is 0.341 e.